The number of carbonyl (C=O) groups is 2. The Balaban J connectivity index is 1.60. The first-order valence-corrected chi connectivity index (χ1v) is 9.75. The zero-order valence-electron chi connectivity index (χ0n) is 15.3. The molecule has 0 saturated heterocycles. The van der Waals surface area contributed by atoms with E-state index in [1.165, 1.54) is 24.3 Å². The van der Waals surface area contributed by atoms with E-state index in [1.54, 1.807) is 19.1 Å². The van der Waals surface area contributed by atoms with Crippen molar-refractivity contribution < 1.29 is 18.4 Å². The lowest BCUT2D eigenvalue weighted by Gasteiger charge is -2.06. The highest BCUT2D eigenvalue weighted by atomic mass is 35.5. The standard InChI is InChI=1S/C20H16ClF2N3O2S/c1-11-19(20(28)24-10-12-2-4-13(22)5-3-12)29-18(25-11)9-17(27)26-16-7-6-14(23)8-15(16)21/h2-8H,9-10H2,1H3,(H,24,28)(H,26,27). The largest absolute Gasteiger partial charge is 0.347 e. The third kappa shape index (κ3) is 5.58. The molecule has 1 aromatic heterocycles. The van der Waals surface area contributed by atoms with Gasteiger partial charge in [-0.25, -0.2) is 13.8 Å². The summed E-state index contributed by atoms with van der Waals surface area (Å²) in [6, 6.07) is 9.49. The number of hydrogen-bond donors (Lipinski definition) is 2. The molecule has 9 heteroatoms. The summed E-state index contributed by atoms with van der Waals surface area (Å²) in [6.07, 6.45) is -0.0511. The molecule has 3 rings (SSSR count). The Morgan fingerprint density at radius 1 is 1.10 bits per heavy atom. The topological polar surface area (TPSA) is 71.1 Å². The highest BCUT2D eigenvalue weighted by molar-refractivity contribution is 7.13. The van der Waals surface area contributed by atoms with Gasteiger partial charge in [-0.1, -0.05) is 23.7 Å². The van der Waals surface area contributed by atoms with E-state index >= 15 is 0 Å². The van der Waals surface area contributed by atoms with Crippen molar-refractivity contribution in [1.82, 2.24) is 10.3 Å². The summed E-state index contributed by atoms with van der Waals surface area (Å²) in [5.74, 6) is -1.55. The molecule has 0 aliphatic carbocycles. The number of thiazole rings is 1. The molecule has 0 radical (unpaired) electrons. The van der Waals surface area contributed by atoms with E-state index in [-0.39, 0.29) is 35.6 Å². The predicted molar refractivity (Wildman–Crippen MR) is 108 cm³/mol. The maximum atomic E-state index is 13.1. The quantitative estimate of drug-likeness (QED) is 0.599. The predicted octanol–water partition coefficient (Wildman–Crippen LogP) is 4.49. The number of aromatic nitrogens is 1. The summed E-state index contributed by atoms with van der Waals surface area (Å²) >= 11 is 7.01. The van der Waals surface area contributed by atoms with Gasteiger partial charge in [0.1, 0.15) is 21.5 Å². The molecule has 0 saturated carbocycles. The van der Waals surface area contributed by atoms with Gasteiger partial charge in [-0.2, -0.15) is 0 Å². The third-order valence-electron chi connectivity index (χ3n) is 3.93. The van der Waals surface area contributed by atoms with Crippen LogP contribution in [0.25, 0.3) is 0 Å². The second kappa shape index (κ2) is 9.11. The highest BCUT2D eigenvalue weighted by Gasteiger charge is 2.17. The van der Waals surface area contributed by atoms with Crippen LogP contribution >= 0.6 is 22.9 Å². The molecule has 2 aromatic carbocycles. The van der Waals surface area contributed by atoms with Gasteiger partial charge in [0, 0.05) is 6.54 Å². The summed E-state index contributed by atoms with van der Waals surface area (Å²) in [5.41, 5.74) is 1.57. The number of halogens is 3. The van der Waals surface area contributed by atoms with Crippen LogP contribution in [0.4, 0.5) is 14.5 Å². The number of nitrogens with one attached hydrogen (secondary N) is 2. The van der Waals surface area contributed by atoms with Gasteiger partial charge in [-0.3, -0.25) is 9.59 Å². The molecule has 5 nitrogen and oxygen atoms in total. The smallest absolute Gasteiger partial charge is 0.263 e. The minimum absolute atomic E-state index is 0.0511. The van der Waals surface area contributed by atoms with E-state index in [0.717, 1.165) is 23.0 Å². The zero-order chi connectivity index (χ0) is 21.0. The van der Waals surface area contributed by atoms with Gasteiger partial charge in [0.05, 0.1) is 22.8 Å². The molecule has 2 N–H and O–H groups in total. The number of amides is 2. The molecule has 1 heterocycles. The maximum Gasteiger partial charge on any atom is 0.263 e. The molecule has 29 heavy (non-hydrogen) atoms. The molecule has 0 unspecified atom stereocenters. The lowest BCUT2D eigenvalue weighted by molar-refractivity contribution is -0.115. The Labute approximate surface area is 174 Å². The molecular weight excluding hydrogens is 420 g/mol. The van der Waals surface area contributed by atoms with Gasteiger partial charge in [0.25, 0.3) is 5.91 Å². The maximum absolute atomic E-state index is 13.1. The summed E-state index contributed by atoms with van der Waals surface area (Å²) in [5, 5.41) is 5.90. The second-order valence-corrected chi connectivity index (χ2v) is 7.67. The van der Waals surface area contributed by atoms with Crippen LogP contribution in [0.3, 0.4) is 0 Å². The number of anilines is 1. The van der Waals surface area contributed by atoms with Crippen molar-refractivity contribution in [3.05, 3.63) is 80.3 Å². The van der Waals surface area contributed by atoms with Crippen LogP contribution in [0.1, 0.15) is 25.9 Å². The van der Waals surface area contributed by atoms with E-state index in [4.69, 9.17) is 11.6 Å². The Bertz CT molecular complexity index is 1050. The SMILES string of the molecule is Cc1nc(CC(=O)Nc2ccc(F)cc2Cl)sc1C(=O)NCc1ccc(F)cc1. The molecule has 0 aliphatic heterocycles. The van der Waals surface area contributed by atoms with Gasteiger partial charge in [-0.15, -0.1) is 11.3 Å². The van der Waals surface area contributed by atoms with Crippen LogP contribution < -0.4 is 10.6 Å². The Kier molecular flexibility index (Phi) is 6.56. The fourth-order valence-electron chi connectivity index (χ4n) is 2.53. The van der Waals surface area contributed by atoms with E-state index in [0.29, 0.717) is 21.3 Å². The number of hydrogen-bond acceptors (Lipinski definition) is 4. The first-order valence-electron chi connectivity index (χ1n) is 8.55. The van der Waals surface area contributed by atoms with Crippen LogP contribution in [-0.2, 0) is 17.8 Å². The number of carbonyl (C=O) groups excluding carboxylic acids is 2. The second-order valence-electron chi connectivity index (χ2n) is 6.18. The number of nitrogens with zero attached hydrogens (tertiary/aromatic N) is 1. The molecule has 2 amide bonds. The lowest BCUT2D eigenvalue weighted by atomic mass is 10.2. The van der Waals surface area contributed by atoms with Crippen molar-refractivity contribution in [1.29, 1.82) is 0 Å². The van der Waals surface area contributed by atoms with Crippen molar-refractivity contribution in [3.8, 4) is 0 Å². The molecule has 0 bridgehead atoms. The Morgan fingerprint density at radius 2 is 1.79 bits per heavy atom. The first-order chi connectivity index (χ1) is 13.8. The molecule has 0 spiro atoms. The summed E-state index contributed by atoms with van der Waals surface area (Å²) < 4.78 is 26.0. The number of benzene rings is 2. The van der Waals surface area contributed by atoms with Crippen LogP contribution in [0.5, 0.6) is 0 Å². The van der Waals surface area contributed by atoms with E-state index < -0.39 is 5.82 Å². The van der Waals surface area contributed by atoms with Gasteiger partial charge in [-0.05, 0) is 42.8 Å². The molecule has 0 atom stereocenters. The fraction of sp³-hybridized carbons (Fsp3) is 0.150. The van der Waals surface area contributed by atoms with Crippen molar-refractivity contribution in [3.63, 3.8) is 0 Å². The van der Waals surface area contributed by atoms with Gasteiger partial charge in [0.15, 0.2) is 0 Å². The van der Waals surface area contributed by atoms with Crippen molar-refractivity contribution in [2.45, 2.75) is 19.9 Å². The van der Waals surface area contributed by atoms with Gasteiger partial charge >= 0.3 is 0 Å². The fourth-order valence-corrected chi connectivity index (χ4v) is 3.72. The van der Waals surface area contributed by atoms with Crippen LogP contribution in [0.2, 0.25) is 5.02 Å². The summed E-state index contributed by atoms with van der Waals surface area (Å²) in [7, 11) is 0. The first kappa shape index (κ1) is 20.9. The average Bonchev–Trinajstić information content (AvgIpc) is 3.03. The number of rotatable bonds is 6. The molecule has 0 fully saturated rings. The number of aryl methyl sites for hydroxylation is 1. The third-order valence-corrected chi connectivity index (χ3v) is 5.40. The van der Waals surface area contributed by atoms with Crippen LogP contribution in [-0.4, -0.2) is 16.8 Å². The Hall–Kier alpha value is -2.84. The van der Waals surface area contributed by atoms with E-state index in [9.17, 15) is 18.4 Å². The molecule has 150 valence electrons. The lowest BCUT2D eigenvalue weighted by Crippen LogP contribution is -2.22. The molecule has 3 aromatic rings. The van der Waals surface area contributed by atoms with E-state index in [2.05, 4.69) is 15.6 Å². The molecule has 0 aliphatic rings. The minimum atomic E-state index is -0.500. The minimum Gasteiger partial charge on any atom is -0.347 e. The summed E-state index contributed by atoms with van der Waals surface area (Å²) in [6.45, 7) is 1.93. The zero-order valence-corrected chi connectivity index (χ0v) is 16.8. The monoisotopic (exact) mass is 435 g/mol. The van der Waals surface area contributed by atoms with Gasteiger partial charge < -0.3 is 10.6 Å². The molecular formula is C20H16ClF2N3O2S. The van der Waals surface area contributed by atoms with Crippen molar-refractivity contribution in [2.24, 2.45) is 0 Å². The normalized spacial score (nSPS) is 10.6. The summed E-state index contributed by atoms with van der Waals surface area (Å²) in [4.78, 5) is 29.3. The Morgan fingerprint density at radius 3 is 2.48 bits per heavy atom. The highest BCUT2D eigenvalue weighted by Crippen LogP contribution is 2.23. The van der Waals surface area contributed by atoms with Crippen LogP contribution in [0.15, 0.2) is 42.5 Å². The van der Waals surface area contributed by atoms with Gasteiger partial charge in [0.2, 0.25) is 5.91 Å². The van der Waals surface area contributed by atoms with Crippen molar-refractivity contribution >= 4 is 40.4 Å². The van der Waals surface area contributed by atoms with E-state index in [1.807, 2.05) is 0 Å². The van der Waals surface area contributed by atoms with Crippen LogP contribution in [0, 0.1) is 18.6 Å². The van der Waals surface area contributed by atoms with Crippen molar-refractivity contribution in [2.75, 3.05) is 5.32 Å². The average molecular weight is 436 g/mol.